The molecular formula is C13H17N5O3S. The maximum atomic E-state index is 12.6. The molecule has 1 aliphatic heterocycles. The lowest BCUT2D eigenvalue weighted by Crippen LogP contribution is -2.36. The first-order chi connectivity index (χ1) is 10.7. The van der Waals surface area contributed by atoms with Gasteiger partial charge in [0.2, 0.25) is 10.0 Å². The first kappa shape index (κ1) is 15.1. The van der Waals surface area contributed by atoms with Crippen molar-refractivity contribution >= 4 is 10.0 Å². The molecule has 2 aromatic heterocycles. The molecule has 8 nitrogen and oxygen atoms in total. The number of H-pyrrole nitrogens is 1. The van der Waals surface area contributed by atoms with Crippen LogP contribution in [-0.4, -0.2) is 59.2 Å². The molecule has 0 bridgehead atoms. The van der Waals surface area contributed by atoms with Gasteiger partial charge in [-0.25, -0.2) is 18.4 Å². The van der Waals surface area contributed by atoms with Crippen LogP contribution < -0.4 is 0 Å². The molecule has 0 unspecified atom stereocenters. The normalized spacial score (nSPS) is 20.6. The van der Waals surface area contributed by atoms with Crippen molar-refractivity contribution in [1.82, 2.24) is 24.5 Å². The third kappa shape index (κ3) is 3.32. The van der Waals surface area contributed by atoms with Crippen molar-refractivity contribution in [1.29, 1.82) is 0 Å². The van der Waals surface area contributed by atoms with E-state index in [2.05, 4.69) is 20.2 Å². The van der Waals surface area contributed by atoms with Crippen molar-refractivity contribution in [2.45, 2.75) is 11.3 Å². The third-order valence-corrected chi connectivity index (χ3v) is 5.38. The van der Waals surface area contributed by atoms with Gasteiger partial charge in [-0.15, -0.1) is 0 Å². The van der Waals surface area contributed by atoms with Crippen LogP contribution in [0, 0.1) is 5.92 Å². The van der Waals surface area contributed by atoms with Crippen LogP contribution in [0.3, 0.4) is 0 Å². The zero-order valence-corrected chi connectivity index (χ0v) is 12.7. The molecule has 1 atom stereocenters. The highest BCUT2D eigenvalue weighted by molar-refractivity contribution is 7.89. The Balaban J connectivity index is 1.76. The van der Waals surface area contributed by atoms with Gasteiger partial charge in [0.25, 0.3) is 0 Å². The van der Waals surface area contributed by atoms with Crippen LogP contribution >= 0.6 is 0 Å². The van der Waals surface area contributed by atoms with E-state index in [4.69, 9.17) is 4.74 Å². The van der Waals surface area contributed by atoms with Crippen LogP contribution in [0.1, 0.15) is 5.69 Å². The standard InChI is InChI=1S/C13H17N5O3S/c19-22(20,13-6-16-17-7-13)18-3-4-21-9-11(8-18)5-12-1-2-14-10-15-12/h1-2,6-7,10-11H,3-5,8-9H2,(H,16,17)/t11-/m0/s1. The highest BCUT2D eigenvalue weighted by atomic mass is 32.2. The minimum atomic E-state index is -3.54. The van der Waals surface area contributed by atoms with Crippen molar-refractivity contribution < 1.29 is 13.2 Å². The third-order valence-electron chi connectivity index (χ3n) is 3.55. The molecule has 0 amide bonds. The molecule has 1 aliphatic rings. The van der Waals surface area contributed by atoms with Crippen molar-refractivity contribution in [3.8, 4) is 0 Å². The van der Waals surface area contributed by atoms with E-state index >= 15 is 0 Å². The van der Waals surface area contributed by atoms with E-state index in [0.717, 1.165) is 5.69 Å². The van der Waals surface area contributed by atoms with Gasteiger partial charge >= 0.3 is 0 Å². The molecule has 0 spiro atoms. The summed E-state index contributed by atoms with van der Waals surface area (Å²) in [6.45, 7) is 1.64. The summed E-state index contributed by atoms with van der Waals surface area (Å²) in [5.74, 6) is 0.0547. The first-order valence-electron chi connectivity index (χ1n) is 6.98. The molecule has 1 fully saturated rings. The van der Waals surface area contributed by atoms with Gasteiger partial charge in [-0.1, -0.05) is 0 Å². The number of nitrogens with one attached hydrogen (secondary N) is 1. The zero-order valence-electron chi connectivity index (χ0n) is 11.9. The van der Waals surface area contributed by atoms with Crippen molar-refractivity contribution in [2.75, 3.05) is 26.3 Å². The smallest absolute Gasteiger partial charge is 0.246 e. The second kappa shape index (κ2) is 6.51. The topological polar surface area (TPSA) is 101 Å². The summed E-state index contributed by atoms with van der Waals surface area (Å²) in [5.41, 5.74) is 0.881. The second-order valence-corrected chi connectivity index (χ2v) is 7.08. The van der Waals surface area contributed by atoms with Crippen molar-refractivity contribution in [3.05, 3.63) is 36.7 Å². The van der Waals surface area contributed by atoms with E-state index in [0.29, 0.717) is 32.7 Å². The quantitative estimate of drug-likeness (QED) is 0.855. The largest absolute Gasteiger partial charge is 0.380 e. The van der Waals surface area contributed by atoms with Crippen LogP contribution in [0.2, 0.25) is 0 Å². The van der Waals surface area contributed by atoms with Crippen molar-refractivity contribution in [2.24, 2.45) is 5.92 Å². The summed E-state index contributed by atoms with van der Waals surface area (Å²) in [5, 5.41) is 6.25. The second-order valence-electron chi connectivity index (χ2n) is 5.14. The Morgan fingerprint density at radius 3 is 3.09 bits per heavy atom. The van der Waals surface area contributed by atoms with Gasteiger partial charge in [0.05, 0.1) is 19.4 Å². The SMILES string of the molecule is O=S(=O)(c1cn[nH]c1)N1CCOC[C@@H](Cc2ccncn2)C1. The molecule has 1 saturated heterocycles. The summed E-state index contributed by atoms with van der Waals surface area (Å²) < 4.78 is 32.2. The molecular weight excluding hydrogens is 306 g/mol. The molecule has 1 N–H and O–H groups in total. The highest BCUT2D eigenvalue weighted by Crippen LogP contribution is 2.19. The van der Waals surface area contributed by atoms with E-state index in [9.17, 15) is 8.42 Å². The average Bonchev–Trinajstić information content (AvgIpc) is 2.96. The van der Waals surface area contributed by atoms with Gasteiger partial charge in [-0.05, 0) is 12.5 Å². The van der Waals surface area contributed by atoms with Gasteiger partial charge < -0.3 is 4.74 Å². The lowest BCUT2D eigenvalue weighted by Gasteiger charge is -2.22. The van der Waals surface area contributed by atoms with Crippen LogP contribution in [0.25, 0.3) is 0 Å². The number of sulfonamides is 1. The predicted octanol–water partition coefficient (Wildman–Crippen LogP) is 0.0795. The number of hydrogen-bond donors (Lipinski definition) is 1. The summed E-state index contributed by atoms with van der Waals surface area (Å²) >= 11 is 0. The van der Waals surface area contributed by atoms with E-state index in [1.54, 1.807) is 6.20 Å². The van der Waals surface area contributed by atoms with Gasteiger partial charge in [0.1, 0.15) is 11.2 Å². The Kier molecular flexibility index (Phi) is 4.46. The molecule has 2 aromatic rings. The van der Waals surface area contributed by atoms with E-state index in [1.165, 1.54) is 23.0 Å². The lowest BCUT2D eigenvalue weighted by atomic mass is 10.0. The van der Waals surface area contributed by atoms with E-state index < -0.39 is 10.0 Å². The van der Waals surface area contributed by atoms with Gasteiger partial charge in [-0.2, -0.15) is 9.40 Å². The van der Waals surface area contributed by atoms with Gasteiger partial charge in [0, 0.05) is 37.1 Å². The number of ether oxygens (including phenoxy) is 1. The van der Waals surface area contributed by atoms with E-state index in [-0.39, 0.29) is 10.8 Å². The first-order valence-corrected chi connectivity index (χ1v) is 8.42. The molecule has 3 rings (SSSR count). The molecule has 0 aromatic carbocycles. The fourth-order valence-electron chi connectivity index (χ4n) is 2.45. The predicted molar refractivity (Wildman–Crippen MR) is 77.4 cm³/mol. The number of nitrogens with zero attached hydrogens (tertiary/aromatic N) is 4. The molecule has 9 heteroatoms. The molecule has 0 aliphatic carbocycles. The molecule has 118 valence electrons. The van der Waals surface area contributed by atoms with E-state index in [1.807, 2.05) is 6.07 Å². The van der Waals surface area contributed by atoms with Crippen LogP contribution in [0.5, 0.6) is 0 Å². The average molecular weight is 323 g/mol. The Morgan fingerprint density at radius 1 is 1.45 bits per heavy atom. The van der Waals surface area contributed by atoms with Crippen LogP contribution in [0.4, 0.5) is 0 Å². The van der Waals surface area contributed by atoms with Crippen LogP contribution in [-0.2, 0) is 21.2 Å². The van der Waals surface area contributed by atoms with Gasteiger partial charge in [0.15, 0.2) is 0 Å². The zero-order chi connectivity index (χ0) is 15.4. The number of aromatic nitrogens is 4. The number of aromatic amines is 1. The number of hydrogen-bond acceptors (Lipinski definition) is 6. The molecule has 0 radical (unpaired) electrons. The summed E-state index contributed by atoms with van der Waals surface area (Å²) in [4.78, 5) is 8.25. The minimum Gasteiger partial charge on any atom is -0.380 e. The van der Waals surface area contributed by atoms with Crippen LogP contribution in [0.15, 0.2) is 35.9 Å². The Bertz CT molecular complexity index is 690. The molecule has 3 heterocycles. The van der Waals surface area contributed by atoms with Gasteiger partial charge in [-0.3, -0.25) is 5.10 Å². The summed E-state index contributed by atoms with van der Waals surface area (Å²) in [6, 6.07) is 1.83. The number of rotatable bonds is 4. The Labute approximate surface area is 128 Å². The lowest BCUT2D eigenvalue weighted by molar-refractivity contribution is 0.122. The maximum absolute atomic E-state index is 12.6. The Morgan fingerprint density at radius 2 is 2.36 bits per heavy atom. The fourth-order valence-corrected chi connectivity index (χ4v) is 3.86. The van der Waals surface area contributed by atoms with Crippen molar-refractivity contribution in [3.63, 3.8) is 0 Å². The highest BCUT2D eigenvalue weighted by Gasteiger charge is 2.30. The molecule has 0 saturated carbocycles. The maximum Gasteiger partial charge on any atom is 0.246 e. The monoisotopic (exact) mass is 323 g/mol. The fraction of sp³-hybridized carbons (Fsp3) is 0.462. The summed E-state index contributed by atoms with van der Waals surface area (Å²) in [6.07, 6.45) is 6.54. The Hall–Kier alpha value is -1.84. The molecule has 22 heavy (non-hydrogen) atoms. The summed E-state index contributed by atoms with van der Waals surface area (Å²) in [7, 11) is -3.54. The minimum absolute atomic E-state index is 0.0547.